The summed E-state index contributed by atoms with van der Waals surface area (Å²) in [6.07, 6.45) is 0. The van der Waals surface area contributed by atoms with Gasteiger partial charge in [0.2, 0.25) is 0 Å². The van der Waals surface area contributed by atoms with Gasteiger partial charge < -0.3 is 29.2 Å². The third kappa shape index (κ3) is 4.88. The Balaban J connectivity index is 2.33. The van der Waals surface area contributed by atoms with E-state index in [1.165, 1.54) is 0 Å². The summed E-state index contributed by atoms with van der Waals surface area (Å²) in [6, 6.07) is 10.8. The molecule has 0 aliphatic heterocycles. The number of rotatable bonds is 8. The minimum Gasteiger partial charge on any atom is -0.471 e. The van der Waals surface area contributed by atoms with E-state index in [2.05, 4.69) is 0 Å². The first kappa shape index (κ1) is 19.1. The van der Waals surface area contributed by atoms with E-state index in [1.807, 2.05) is 39.8 Å². The van der Waals surface area contributed by atoms with Gasteiger partial charge in [-0.25, -0.2) is 0 Å². The Kier molecular flexibility index (Phi) is 6.30. The van der Waals surface area contributed by atoms with E-state index in [4.69, 9.17) is 29.2 Å². The lowest BCUT2D eigenvalue weighted by molar-refractivity contribution is 0.0493. The zero-order chi connectivity index (χ0) is 18.4. The molecular formula is C18H26N2O4Si. The second-order valence-corrected chi connectivity index (χ2v) is 7.59. The molecule has 4 N–H and O–H groups in total. The molecule has 2 aromatic carbocycles. The molecule has 0 saturated carbocycles. The molecule has 0 heterocycles. The number of nitrogen functional groups attached to an aromatic ring is 2. The van der Waals surface area contributed by atoms with Crippen LogP contribution in [0, 0.1) is 13.8 Å². The fourth-order valence-electron chi connectivity index (χ4n) is 2.25. The van der Waals surface area contributed by atoms with Gasteiger partial charge in [0.05, 0.1) is 0 Å². The molecule has 25 heavy (non-hydrogen) atoms. The van der Waals surface area contributed by atoms with Gasteiger partial charge in [0, 0.05) is 24.6 Å². The van der Waals surface area contributed by atoms with Crippen molar-refractivity contribution in [2.75, 3.05) is 24.7 Å². The quantitative estimate of drug-likeness (QED) is 0.552. The smallest absolute Gasteiger partial charge is 0.471 e. The van der Waals surface area contributed by atoms with Crippen LogP contribution in [0.15, 0.2) is 36.4 Å². The largest absolute Gasteiger partial charge is 0.820 e. The molecule has 0 unspecified atom stereocenters. The molecule has 0 radical (unpaired) electrons. The van der Waals surface area contributed by atoms with Gasteiger partial charge in [-0.3, -0.25) is 0 Å². The van der Waals surface area contributed by atoms with Gasteiger partial charge in [0.15, 0.2) is 0 Å². The van der Waals surface area contributed by atoms with Gasteiger partial charge in [0.25, 0.3) is 0 Å². The first-order valence-corrected chi connectivity index (χ1v) is 9.90. The highest BCUT2D eigenvalue weighted by molar-refractivity contribution is 6.55. The van der Waals surface area contributed by atoms with Crippen LogP contribution in [0.2, 0.25) is 0 Å². The van der Waals surface area contributed by atoms with Crippen molar-refractivity contribution in [1.82, 2.24) is 0 Å². The third-order valence-corrected chi connectivity index (χ3v) is 5.87. The topological polar surface area (TPSA) is 89.0 Å². The minimum atomic E-state index is -3.44. The molecular weight excluding hydrogens is 336 g/mol. The first-order chi connectivity index (χ1) is 11.9. The highest BCUT2D eigenvalue weighted by atomic mass is 28.4. The Morgan fingerprint density at radius 1 is 0.760 bits per heavy atom. The van der Waals surface area contributed by atoms with Crippen LogP contribution in [-0.4, -0.2) is 22.3 Å². The molecule has 0 aromatic heterocycles. The molecule has 0 aliphatic rings. The molecule has 0 atom stereocenters. The number of nitrogens with two attached hydrogens (primary N) is 2. The van der Waals surface area contributed by atoms with Gasteiger partial charge >= 0.3 is 9.05 Å². The van der Waals surface area contributed by atoms with Gasteiger partial charge in [-0.15, -0.1) is 0 Å². The summed E-state index contributed by atoms with van der Waals surface area (Å²) in [4.78, 5) is 0. The average Bonchev–Trinajstić information content (AvgIpc) is 2.55. The van der Waals surface area contributed by atoms with E-state index < -0.39 is 9.05 Å². The Morgan fingerprint density at radius 2 is 1.16 bits per heavy atom. The van der Waals surface area contributed by atoms with E-state index >= 15 is 0 Å². The highest BCUT2D eigenvalue weighted by Crippen LogP contribution is 2.26. The van der Waals surface area contributed by atoms with Crippen molar-refractivity contribution in [3.8, 4) is 11.5 Å². The minimum absolute atomic E-state index is 0.397. The van der Waals surface area contributed by atoms with Crippen molar-refractivity contribution in [2.24, 2.45) is 0 Å². The molecule has 0 fully saturated rings. The summed E-state index contributed by atoms with van der Waals surface area (Å²) in [5.41, 5.74) is 15.0. The number of hydrogen-bond donors (Lipinski definition) is 2. The molecule has 0 spiro atoms. The molecule has 136 valence electrons. The lowest BCUT2D eigenvalue weighted by atomic mass is 10.2. The Labute approximate surface area is 150 Å². The number of anilines is 2. The van der Waals surface area contributed by atoms with Crippen LogP contribution in [0.25, 0.3) is 0 Å². The van der Waals surface area contributed by atoms with E-state index in [1.54, 1.807) is 24.3 Å². The molecule has 0 saturated heterocycles. The standard InChI is InChI=1S/C18H26N2O4Si/c1-5-21-25(22-6-2,23-15-7-9-17(19)13(3)11-15)24-16-8-10-18(20)14(4)12-16/h7-12H,5-6,19-20H2,1-4H3. The maximum atomic E-state index is 6.08. The summed E-state index contributed by atoms with van der Waals surface area (Å²) >= 11 is 0. The number of benzene rings is 2. The first-order valence-electron chi connectivity index (χ1n) is 8.27. The van der Waals surface area contributed by atoms with Crippen LogP contribution in [-0.2, 0) is 8.85 Å². The van der Waals surface area contributed by atoms with Gasteiger partial charge in [0.1, 0.15) is 11.5 Å². The molecule has 6 nitrogen and oxygen atoms in total. The Bertz CT molecular complexity index is 663. The summed E-state index contributed by atoms with van der Waals surface area (Å²) in [5, 5.41) is 0. The van der Waals surface area contributed by atoms with E-state index in [-0.39, 0.29) is 0 Å². The van der Waals surface area contributed by atoms with Crippen molar-refractivity contribution in [3.63, 3.8) is 0 Å². The van der Waals surface area contributed by atoms with E-state index in [0.29, 0.717) is 36.1 Å². The van der Waals surface area contributed by atoms with Crippen LogP contribution >= 0.6 is 0 Å². The van der Waals surface area contributed by atoms with Crippen molar-refractivity contribution in [2.45, 2.75) is 27.7 Å². The zero-order valence-electron chi connectivity index (χ0n) is 15.2. The predicted octanol–water partition coefficient (Wildman–Crippen LogP) is 3.43. The van der Waals surface area contributed by atoms with E-state index in [0.717, 1.165) is 11.1 Å². The Hall–Kier alpha value is -2.22. The normalized spacial score (nSPS) is 11.4. The van der Waals surface area contributed by atoms with Crippen molar-refractivity contribution in [1.29, 1.82) is 0 Å². The van der Waals surface area contributed by atoms with E-state index in [9.17, 15) is 0 Å². The summed E-state index contributed by atoms with van der Waals surface area (Å²) in [7, 11) is -3.44. The number of aryl methyl sites for hydroxylation is 2. The van der Waals surface area contributed by atoms with Crippen molar-refractivity contribution in [3.05, 3.63) is 47.5 Å². The predicted molar refractivity (Wildman–Crippen MR) is 101 cm³/mol. The fourth-order valence-corrected chi connectivity index (χ4v) is 4.15. The maximum Gasteiger partial charge on any atom is 0.820 e. The van der Waals surface area contributed by atoms with Gasteiger partial charge in [-0.2, -0.15) is 0 Å². The fraction of sp³-hybridized carbons (Fsp3) is 0.333. The van der Waals surface area contributed by atoms with Crippen LogP contribution in [0.5, 0.6) is 11.5 Å². The average molecular weight is 363 g/mol. The van der Waals surface area contributed by atoms with Gasteiger partial charge in [-0.05, 0) is 75.2 Å². The van der Waals surface area contributed by atoms with Crippen LogP contribution < -0.4 is 20.3 Å². The number of hydrogen-bond acceptors (Lipinski definition) is 6. The van der Waals surface area contributed by atoms with Crippen molar-refractivity contribution < 1.29 is 17.7 Å². The summed E-state index contributed by atoms with van der Waals surface area (Å²) in [6.45, 7) is 8.36. The van der Waals surface area contributed by atoms with Gasteiger partial charge in [-0.1, -0.05) is 0 Å². The molecule has 0 bridgehead atoms. The second kappa shape index (κ2) is 8.24. The van der Waals surface area contributed by atoms with Crippen molar-refractivity contribution >= 4 is 20.4 Å². The molecule has 0 amide bonds. The lowest BCUT2D eigenvalue weighted by Gasteiger charge is -2.28. The summed E-state index contributed by atoms with van der Waals surface area (Å²) < 4.78 is 23.8. The summed E-state index contributed by atoms with van der Waals surface area (Å²) in [5.74, 6) is 1.18. The highest BCUT2D eigenvalue weighted by Gasteiger charge is 2.51. The Morgan fingerprint density at radius 3 is 1.48 bits per heavy atom. The van der Waals surface area contributed by atoms with Crippen LogP contribution in [0.4, 0.5) is 11.4 Å². The molecule has 2 aromatic rings. The monoisotopic (exact) mass is 362 g/mol. The molecule has 2 rings (SSSR count). The van der Waals surface area contributed by atoms with Crippen LogP contribution in [0.1, 0.15) is 25.0 Å². The third-order valence-electron chi connectivity index (χ3n) is 3.61. The maximum absolute atomic E-state index is 6.08. The lowest BCUT2D eigenvalue weighted by Crippen LogP contribution is -2.55. The molecule has 7 heteroatoms. The zero-order valence-corrected chi connectivity index (χ0v) is 16.2. The molecule has 0 aliphatic carbocycles. The van der Waals surface area contributed by atoms with Crippen LogP contribution in [0.3, 0.4) is 0 Å². The SMILES string of the molecule is CCO[Si](OCC)(Oc1ccc(N)c(C)c1)Oc1ccc(N)c(C)c1. The second-order valence-electron chi connectivity index (χ2n) is 5.61.